The molecule has 1 N–H and O–H groups in total. The van der Waals surface area contributed by atoms with E-state index in [9.17, 15) is 26.8 Å². The van der Waals surface area contributed by atoms with Crippen LogP contribution in [0.2, 0.25) is 0 Å². The van der Waals surface area contributed by atoms with Crippen molar-refractivity contribution in [1.82, 2.24) is 10.2 Å². The topological polar surface area (TPSA) is 86.8 Å². The summed E-state index contributed by atoms with van der Waals surface area (Å²) in [5.74, 6) is -2.34. The molecule has 1 saturated carbocycles. The van der Waals surface area contributed by atoms with Crippen LogP contribution >= 0.6 is 0 Å². The van der Waals surface area contributed by atoms with Crippen LogP contribution in [0.15, 0.2) is 78.9 Å². The highest BCUT2D eigenvalue weighted by molar-refractivity contribution is 7.92. The van der Waals surface area contributed by atoms with Gasteiger partial charge in [-0.3, -0.25) is 13.9 Å². The first-order valence-electron chi connectivity index (χ1n) is 13.2. The van der Waals surface area contributed by atoms with Crippen LogP contribution in [0.25, 0.3) is 0 Å². The minimum Gasteiger partial charge on any atom is -0.352 e. The van der Waals surface area contributed by atoms with Gasteiger partial charge in [-0.25, -0.2) is 17.2 Å². The predicted molar refractivity (Wildman–Crippen MR) is 150 cm³/mol. The third-order valence-corrected chi connectivity index (χ3v) is 8.19. The van der Waals surface area contributed by atoms with Gasteiger partial charge in [0.05, 0.1) is 11.9 Å². The molecule has 0 aliphatic heterocycles. The van der Waals surface area contributed by atoms with Crippen LogP contribution < -0.4 is 9.62 Å². The van der Waals surface area contributed by atoms with Crippen molar-refractivity contribution in [2.24, 2.45) is 0 Å². The number of sulfonamides is 1. The van der Waals surface area contributed by atoms with Crippen LogP contribution in [0.1, 0.15) is 36.8 Å². The number of carbonyl (C=O) groups excluding carboxylic acids is 2. The standard InChI is InChI=1S/C30H33F2N3O4S/c1-40(38,39)35(26-16-9-13-24(31)19-26)21-29(36)34(20-23-12-5-8-17-27(23)32)28(18-22-10-3-2-4-11-22)30(37)33-25-14-6-7-15-25/h2-5,8-13,16-17,19,25,28H,6-7,14-15,18,20-21H2,1H3,(H,33,37). The van der Waals surface area contributed by atoms with Crippen molar-refractivity contribution in [3.05, 3.63) is 102 Å². The summed E-state index contributed by atoms with van der Waals surface area (Å²) >= 11 is 0. The maximum atomic E-state index is 14.8. The number of rotatable bonds is 11. The Morgan fingerprint density at radius 3 is 2.27 bits per heavy atom. The van der Waals surface area contributed by atoms with E-state index in [1.165, 1.54) is 41.3 Å². The fraction of sp³-hybridized carbons (Fsp3) is 0.333. The predicted octanol–water partition coefficient (Wildman–Crippen LogP) is 4.43. The van der Waals surface area contributed by atoms with Crippen molar-refractivity contribution in [3.8, 4) is 0 Å². The van der Waals surface area contributed by atoms with E-state index < -0.39 is 46.1 Å². The Balaban J connectivity index is 1.73. The summed E-state index contributed by atoms with van der Waals surface area (Å²) in [4.78, 5) is 28.9. The van der Waals surface area contributed by atoms with Gasteiger partial charge in [0.1, 0.15) is 24.2 Å². The normalized spacial score (nSPS) is 14.5. The van der Waals surface area contributed by atoms with Crippen molar-refractivity contribution in [2.75, 3.05) is 17.1 Å². The van der Waals surface area contributed by atoms with E-state index in [1.807, 2.05) is 30.3 Å². The molecule has 0 heterocycles. The second kappa shape index (κ2) is 13.0. The van der Waals surface area contributed by atoms with E-state index in [1.54, 1.807) is 6.07 Å². The van der Waals surface area contributed by atoms with Gasteiger partial charge in [0, 0.05) is 24.6 Å². The molecule has 1 fully saturated rings. The fourth-order valence-electron chi connectivity index (χ4n) is 4.98. The van der Waals surface area contributed by atoms with Crippen molar-refractivity contribution in [3.63, 3.8) is 0 Å². The SMILES string of the molecule is CS(=O)(=O)N(CC(=O)N(Cc1ccccc1F)C(Cc1ccccc1)C(=O)NC1CCCC1)c1cccc(F)c1. The molecule has 0 spiro atoms. The zero-order chi connectivity index (χ0) is 28.7. The summed E-state index contributed by atoms with van der Waals surface area (Å²) in [5.41, 5.74) is 0.932. The lowest BCUT2D eigenvalue weighted by Crippen LogP contribution is -2.54. The molecule has 40 heavy (non-hydrogen) atoms. The molecule has 0 aromatic heterocycles. The van der Waals surface area contributed by atoms with Crippen LogP contribution in [0, 0.1) is 11.6 Å². The molecular weight excluding hydrogens is 536 g/mol. The average molecular weight is 570 g/mol. The number of hydrogen-bond donors (Lipinski definition) is 1. The van der Waals surface area contributed by atoms with E-state index in [0.29, 0.717) is 0 Å². The quantitative estimate of drug-likeness (QED) is 0.370. The smallest absolute Gasteiger partial charge is 0.244 e. The Bertz CT molecular complexity index is 1430. The molecule has 7 nitrogen and oxygen atoms in total. The van der Waals surface area contributed by atoms with Gasteiger partial charge in [0.15, 0.2) is 0 Å². The minimum atomic E-state index is -4.02. The number of hydrogen-bond acceptors (Lipinski definition) is 4. The van der Waals surface area contributed by atoms with Crippen molar-refractivity contribution < 1.29 is 26.8 Å². The molecule has 2 amide bonds. The number of anilines is 1. The zero-order valence-electron chi connectivity index (χ0n) is 22.3. The van der Waals surface area contributed by atoms with Crippen LogP contribution in [0.5, 0.6) is 0 Å². The first-order valence-corrected chi connectivity index (χ1v) is 15.1. The summed E-state index contributed by atoms with van der Waals surface area (Å²) in [5, 5.41) is 3.05. The molecule has 3 aromatic rings. The molecule has 1 aliphatic carbocycles. The average Bonchev–Trinajstić information content (AvgIpc) is 3.43. The van der Waals surface area contributed by atoms with E-state index in [4.69, 9.17) is 0 Å². The number of nitrogens with one attached hydrogen (secondary N) is 1. The Labute approximate surface area is 233 Å². The highest BCUT2D eigenvalue weighted by Gasteiger charge is 2.34. The molecule has 0 radical (unpaired) electrons. The van der Waals surface area contributed by atoms with Gasteiger partial charge in [0.2, 0.25) is 21.8 Å². The summed E-state index contributed by atoms with van der Waals surface area (Å²) < 4.78 is 55.1. The van der Waals surface area contributed by atoms with Crippen molar-refractivity contribution >= 4 is 27.5 Å². The fourth-order valence-corrected chi connectivity index (χ4v) is 5.82. The molecule has 3 aromatic carbocycles. The Morgan fingerprint density at radius 2 is 1.62 bits per heavy atom. The molecule has 0 bridgehead atoms. The Kier molecular flexibility index (Phi) is 9.52. The molecule has 1 atom stereocenters. The molecular formula is C30H33F2N3O4S. The van der Waals surface area contributed by atoms with Crippen LogP contribution in [-0.4, -0.2) is 50.0 Å². The van der Waals surface area contributed by atoms with Crippen molar-refractivity contribution in [1.29, 1.82) is 0 Å². The third kappa shape index (κ3) is 7.65. The molecule has 4 rings (SSSR count). The summed E-state index contributed by atoms with van der Waals surface area (Å²) in [6.07, 6.45) is 4.68. The minimum absolute atomic E-state index is 0.0308. The summed E-state index contributed by atoms with van der Waals surface area (Å²) in [7, 11) is -4.02. The summed E-state index contributed by atoms with van der Waals surface area (Å²) in [6, 6.07) is 18.9. The van der Waals surface area contributed by atoms with E-state index >= 15 is 0 Å². The number of carbonyl (C=O) groups is 2. The first kappa shape index (κ1) is 29.2. The maximum absolute atomic E-state index is 14.8. The van der Waals surface area contributed by atoms with Crippen LogP contribution in [0.4, 0.5) is 14.5 Å². The Morgan fingerprint density at radius 1 is 0.950 bits per heavy atom. The van der Waals surface area contributed by atoms with E-state index in [-0.39, 0.29) is 30.3 Å². The second-order valence-electron chi connectivity index (χ2n) is 10.1. The van der Waals surface area contributed by atoms with Gasteiger partial charge >= 0.3 is 0 Å². The molecule has 0 saturated heterocycles. The largest absolute Gasteiger partial charge is 0.352 e. The Hall–Kier alpha value is -3.79. The van der Waals surface area contributed by atoms with Gasteiger partial charge in [-0.2, -0.15) is 0 Å². The lowest BCUT2D eigenvalue weighted by Gasteiger charge is -2.34. The third-order valence-electron chi connectivity index (χ3n) is 7.05. The second-order valence-corrected chi connectivity index (χ2v) is 12.0. The van der Waals surface area contributed by atoms with Crippen LogP contribution in [-0.2, 0) is 32.6 Å². The van der Waals surface area contributed by atoms with E-state index in [2.05, 4.69) is 5.32 Å². The van der Waals surface area contributed by atoms with Gasteiger partial charge in [-0.1, -0.05) is 67.4 Å². The molecule has 212 valence electrons. The molecule has 10 heteroatoms. The van der Waals surface area contributed by atoms with Gasteiger partial charge in [-0.05, 0) is 42.7 Å². The lowest BCUT2D eigenvalue weighted by molar-refractivity contribution is -0.140. The number of nitrogens with zero attached hydrogens (tertiary/aromatic N) is 2. The first-order chi connectivity index (χ1) is 19.1. The molecule has 1 aliphatic rings. The number of amides is 2. The highest BCUT2D eigenvalue weighted by Crippen LogP contribution is 2.23. The van der Waals surface area contributed by atoms with Gasteiger partial charge in [-0.15, -0.1) is 0 Å². The van der Waals surface area contributed by atoms with Crippen molar-refractivity contribution in [2.45, 2.75) is 50.7 Å². The maximum Gasteiger partial charge on any atom is 0.244 e. The zero-order valence-corrected chi connectivity index (χ0v) is 23.1. The highest BCUT2D eigenvalue weighted by atomic mass is 32.2. The van der Waals surface area contributed by atoms with E-state index in [0.717, 1.165) is 47.9 Å². The van der Waals surface area contributed by atoms with Crippen LogP contribution in [0.3, 0.4) is 0 Å². The lowest BCUT2D eigenvalue weighted by atomic mass is 10.0. The number of benzene rings is 3. The number of halogens is 2. The van der Waals surface area contributed by atoms with Gasteiger partial charge < -0.3 is 10.2 Å². The monoisotopic (exact) mass is 569 g/mol. The molecule has 1 unspecified atom stereocenters. The summed E-state index contributed by atoms with van der Waals surface area (Å²) in [6.45, 7) is -0.958. The van der Waals surface area contributed by atoms with Gasteiger partial charge in [0.25, 0.3) is 0 Å².